The summed E-state index contributed by atoms with van der Waals surface area (Å²) < 4.78 is 40.0. The maximum atomic E-state index is 12.1. The molecular weight excluding hydrogens is 243 g/mol. The van der Waals surface area contributed by atoms with Crippen molar-refractivity contribution in [1.29, 1.82) is 0 Å². The average molecular weight is 251 g/mol. The van der Waals surface area contributed by atoms with Gasteiger partial charge in [-0.1, -0.05) is 0 Å². The Morgan fingerprint density at radius 2 is 2.12 bits per heavy atom. The smallest absolute Gasteiger partial charge is 0.477 e. The summed E-state index contributed by atoms with van der Waals surface area (Å²) in [7, 11) is 0. The number of hydrogen-bond donors (Lipinski definition) is 3. The first-order valence-electron chi connectivity index (χ1n) is 4.22. The fourth-order valence-electron chi connectivity index (χ4n) is 1.13. The Morgan fingerprint density at radius 3 is 2.53 bits per heavy atom. The molecular formula is C8H8F3N3O3. The van der Waals surface area contributed by atoms with Crippen molar-refractivity contribution < 1.29 is 27.8 Å². The number of ether oxygens (including phenoxy) is 1. The van der Waals surface area contributed by atoms with Crippen LogP contribution in [0.25, 0.3) is 0 Å². The topological polar surface area (TPSA) is 111 Å². The van der Waals surface area contributed by atoms with Crippen LogP contribution in [-0.2, 0) is 6.54 Å². The molecule has 0 amide bonds. The van der Waals surface area contributed by atoms with Crippen molar-refractivity contribution in [2.24, 2.45) is 5.73 Å². The highest BCUT2D eigenvalue weighted by Crippen LogP contribution is 2.32. The van der Waals surface area contributed by atoms with Crippen LogP contribution < -0.4 is 16.2 Å². The Bertz CT molecular complexity index is 448. The molecule has 0 aromatic carbocycles. The van der Waals surface area contributed by atoms with Crippen LogP contribution >= 0.6 is 0 Å². The van der Waals surface area contributed by atoms with Gasteiger partial charge in [0.25, 0.3) is 0 Å². The van der Waals surface area contributed by atoms with Gasteiger partial charge >= 0.3 is 12.3 Å². The normalized spacial score (nSPS) is 11.3. The first kappa shape index (κ1) is 13.0. The molecule has 1 aromatic rings. The molecule has 6 nitrogen and oxygen atoms in total. The SMILES string of the molecule is NCc1cnc(N)c(C(=O)O)c1OC(F)(F)F. The molecule has 0 bridgehead atoms. The van der Waals surface area contributed by atoms with E-state index >= 15 is 0 Å². The molecule has 0 fully saturated rings. The average Bonchev–Trinajstić information content (AvgIpc) is 2.15. The third kappa shape index (κ3) is 2.97. The molecule has 0 aliphatic carbocycles. The monoisotopic (exact) mass is 251 g/mol. The molecule has 5 N–H and O–H groups in total. The lowest BCUT2D eigenvalue weighted by Crippen LogP contribution is -2.22. The fourth-order valence-corrected chi connectivity index (χ4v) is 1.13. The van der Waals surface area contributed by atoms with Crippen molar-refractivity contribution in [1.82, 2.24) is 4.98 Å². The third-order valence-corrected chi connectivity index (χ3v) is 1.79. The number of carboxylic acids is 1. The minimum Gasteiger partial charge on any atom is -0.477 e. The number of pyridine rings is 1. The Labute approximate surface area is 93.0 Å². The first-order valence-corrected chi connectivity index (χ1v) is 4.22. The van der Waals surface area contributed by atoms with E-state index in [9.17, 15) is 18.0 Å². The number of alkyl halides is 3. The van der Waals surface area contributed by atoms with E-state index in [1.807, 2.05) is 0 Å². The van der Waals surface area contributed by atoms with E-state index in [0.717, 1.165) is 6.20 Å². The number of nitrogens with zero attached hydrogens (tertiary/aromatic N) is 1. The summed E-state index contributed by atoms with van der Waals surface area (Å²) in [6.07, 6.45) is -4.11. The van der Waals surface area contributed by atoms with E-state index < -0.39 is 29.5 Å². The van der Waals surface area contributed by atoms with Crippen LogP contribution in [0, 0.1) is 0 Å². The van der Waals surface area contributed by atoms with Gasteiger partial charge in [-0.15, -0.1) is 13.2 Å². The van der Waals surface area contributed by atoms with Gasteiger partial charge < -0.3 is 21.3 Å². The summed E-state index contributed by atoms with van der Waals surface area (Å²) in [6.45, 7) is -0.362. The van der Waals surface area contributed by atoms with E-state index in [0.29, 0.717) is 0 Å². The highest BCUT2D eigenvalue weighted by Gasteiger charge is 2.35. The van der Waals surface area contributed by atoms with Gasteiger partial charge in [-0.25, -0.2) is 9.78 Å². The highest BCUT2D eigenvalue weighted by atomic mass is 19.4. The zero-order chi connectivity index (χ0) is 13.2. The van der Waals surface area contributed by atoms with Gasteiger partial charge in [0.1, 0.15) is 11.4 Å². The molecule has 0 aliphatic rings. The Balaban J connectivity index is 3.40. The number of nitrogens with two attached hydrogens (primary N) is 2. The van der Waals surface area contributed by atoms with Gasteiger partial charge in [-0.2, -0.15) is 0 Å². The number of halogens is 3. The number of aromatic nitrogens is 1. The summed E-state index contributed by atoms with van der Waals surface area (Å²) in [4.78, 5) is 14.2. The maximum Gasteiger partial charge on any atom is 0.573 e. The van der Waals surface area contributed by atoms with Crippen molar-refractivity contribution in [3.05, 3.63) is 17.3 Å². The second-order valence-electron chi connectivity index (χ2n) is 2.93. The Hall–Kier alpha value is -2.03. The Morgan fingerprint density at radius 1 is 1.53 bits per heavy atom. The molecule has 0 aliphatic heterocycles. The largest absolute Gasteiger partial charge is 0.573 e. The number of carbonyl (C=O) groups is 1. The number of rotatable bonds is 3. The number of carboxylic acid groups (broad SMARTS) is 1. The molecule has 94 valence electrons. The van der Waals surface area contributed by atoms with E-state index in [2.05, 4.69) is 9.72 Å². The zero-order valence-electron chi connectivity index (χ0n) is 8.28. The van der Waals surface area contributed by atoms with Crippen LogP contribution in [0.5, 0.6) is 5.75 Å². The predicted molar refractivity (Wildman–Crippen MR) is 50.2 cm³/mol. The van der Waals surface area contributed by atoms with Gasteiger partial charge in [0, 0.05) is 18.3 Å². The standard InChI is InChI=1S/C8H8F3N3O3/c9-8(10,11)17-5-3(1-12)2-14-6(13)4(5)7(15)16/h2H,1,12H2,(H2,13,14)(H,15,16). The molecule has 1 rings (SSSR count). The second-order valence-corrected chi connectivity index (χ2v) is 2.93. The van der Waals surface area contributed by atoms with Crippen molar-refractivity contribution in [2.45, 2.75) is 12.9 Å². The number of nitrogen functional groups attached to an aromatic ring is 1. The lowest BCUT2D eigenvalue weighted by atomic mass is 10.1. The summed E-state index contributed by atoms with van der Waals surface area (Å²) in [5, 5.41) is 8.76. The minimum atomic E-state index is -5.04. The molecule has 0 unspecified atom stereocenters. The lowest BCUT2D eigenvalue weighted by Gasteiger charge is -2.15. The van der Waals surface area contributed by atoms with Gasteiger partial charge in [0.15, 0.2) is 5.75 Å². The molecule has 0 saturated carbocycles. The van der Waals surface area contributed by atoms with Crippen LogP contribution in [-0.4, -0.2) is 22.4 Å². The van der Waals surface area contributed by atoms with E-state index in [-0.39, 0.29) is 12.1 Å². The van der Waals surface area contributed by atoms with E-state index in [1.54, 1.807) is 0 Å². The molecule has 0 saturated heterocycles. The molecule has 9 heteroatoms. The van der Waals surface area contributed by atoms with Crippen LogP contribution in [0.4, 0.5) is 19.0 Å². The number of anilines is 1. The van der Waals surface area contributed by atoms with Crippen LogP contribution in [0.2, 0.25) is 0 Å². The molecule has 0 radical (unpaired) electrons. The first-order chi connectivity index (χ1) is 7.76. The molecule has 1 heterocycles. The van der Waals surface area contributed by atoms with Crippen molar-refractivity contribution in [3.63, 3.8) is 0 Å². The molecule has 1 aromatic heterocycles. The maximum absolute atomic E-state index is 12.1. The summed E-state index contributed by atoms with van der Waals surface area (Å²) in [5.74, 6) is -3.18. The quantitative estimate of drug-likeness (QED) is 0.729. The van der Waals surface area contributed by atoms with E-state index in [4.69, 9.17) is 16.6 Å². The van der Waals surface area contributed by atoms with Gasteiger partial charge in [-0.3, -0.25) is 0 Å². The summed E-state index contributed by atoms with van der Waals surface area (Å²) >= 11 is 0. The van der Waals surface area contributed by atoms with Crippen LogP contribution in [0.1, 0.15) is 15.9 Å². The predicted octanol–water partition coefficient (Wildman–Crippen LogP) is 0.719. The summed E-state index contributed by atoms with van der Waals surface area (Å²) in [6, 6.07) is 0. The van der Waals surface area contributed by atoms with Crippen LogP contribution in [0.15, 0.2) is 6.20 Å². The van der Waals surface area contributed by atoms with Crippen molar-refractivity contribution >= 4 is 11.8 Å². The highest BCUT2D eigenvalue weighted by molar-refractivity contribution is 5.96. The van der Waals surface area contributed by atoms with Crippen LogP contribution in [0.3, 0.4) is 0 Å². The van der Waals surface area contributed by atoms with E-state index in [1.165, 1.54) is 0 Å². The van der Waals surface area contributed by atoms with Gasteiger partial charge in [-0.05, 0) is 0 Å². The van der Waals surface area contributed by atoms with Gasteiger partial charge in [0.05, 0.1) is 0 Å². The van der Waals surface area contributed by atoms with Crippen molar-refractivity contribution in [2.75, 3.05) is 5.73 Å². The molecule has 17 heavy (non-hydrogen) atoms. The Kier molecular flexibility index (Phi) is 3.42. The second kappa shape index (κ2) is 4.45. The zero-order valence-corrected chi connectivity index (χ0v) is 8.28. The lowest BCUT2D eigenvalue weighted by molar-refractivity contribution is -0.275. The molecule has 0 atom stereocenters. The summed E-state index contributed by atoms with van der Waals surface area (Å²) in [5.41, 5.74) is 9.30. The fraction of sp³-hybridized carbons (Fsp3) is 0.250. The van der Waals surface area contributed by atoms with Gasteiger partial charge in [0.2, 0.25) is 0 Å². The third-order valence-electron chi connectivity index (χ3n) is 1.79. The number of hydrogen-bond acceptors (Lipinski definition) is 5. The van der Waals surface area contributed by atoms with Crippen molar-refractivity contribution in [3.8, 4) is 5.75 Å². The minimum absolute atomic E-state index is 0.200. The number of aromatic carboxylic acids is 1. The molecule has 0 spiro atoms.